The van der Waals surface area contributed by atoms with Crippen molar-refractivity contribution in [3.05, 3.63) is 27.8 Å². The Labute approximate surface area is 125 Å². The molecule has 1 aliphatic rings. The topological polar surface area (TPSA) is 38.3 Å². The van der Waals surface area contributed by atoms with Crippen molar-refractivity contribution in [3.8, 4) is 5.75 Å². The van der Waals surface area contributed by atoms with Crippen LogP contribution in [-0.4, -0.2) is 25.5 Å². The Kier molecular flexibility index (Phi) is 5.06. The fourth-order valence-electron chi connectivity index (χ4n) is 2.77. The number of rotatable bonds is 4. The van der Waals surface area contributed by atoms with Gasteiger partial charge >= 0.3 is 0 Å². The van der Waals surface area contributed by atoms with Crippen LogP contribution in [0.3, 0.4) is 0 Å². The number of benzene rings is 1. The van der Waals surface area contributed by atoms with Crippen LogP contribution in [0.25, 0.3) is 0 Å². The molecule has 2 rings (SSSR count). The molecule has 0 atom stereocenters. The van der Waals surface area contributed by atoms with E-state index in [1.807, 2.05) is 26.8 Å². The number of hydrogen-bond donors (Lipinski definition) is 1. The van der Waals surface area contributed by atoms with E-state index in [2.05, 4.69) is 5.32 Å². The second kappa shape index (κ2) is 6.59. The molecule has 0 radical (unpaired) electrons. The van der Waals surface area contributed by atoms with Gasteiger partial charge in [-0.2, -0.15) is 0 Å². The molecule has 1 fully saturated rings. The van der Waals surface area contributed by atoms with Crippen molar-refractivity contribution in [3.63, 3.8) is 0 Å². The Morgan fingerprint density at radius 2 is 2.05 bits per heavy atom. The summed E-state index contributed by atoms with van der Waals surface area (Å²) in [5, 5.41) is 3.93. The van der Waals surface area contributed by atoms with Gasteiger partial charge in [0.2, 0.25) is 0 Å². The number of ether oxygens (including phenoxy) is 1. The zero-order chi connectivity index (χ0) is 14.7. The van der Waals surface area contributed by atoms with Crippen molar-refractivity contribution < 1.29 is 9.53 Å². The van der Waals surface area contributed by atoms with E-state index in [9.17, 15) is 4.79 Å². The van der Waals surface area contributed by atoms with Crippen LogP contribution in [0.4, 0.5) is 0 Å². The van der Waals surface area contributed by atoms with Gasteiger partial charge in [-0.05, 0) is 63.9 Å². The lowest BCUT2D eigenvalue weighted by molar-refractivity contribution is 0.0890. The number of halogens is 1. The van der Waals surface area contributed by atoms with Gasteiger partial charge in [-0.3, -0.25) is 4.79 Å². The molecule has 1 aromatic rings. The summed E-state index contributed by atoms with van der Waals surface area (Å²) in [7, 11) is 0. The van der Waals surface area contributed by atoms with Crippen molar-refractivity contribution in [2.45, 2.75) is 33.6 Å². The van der Waals surface area contributed by atoms with Crippen molar-refractivity contribution >= 4 is 17.4 Å². The van der Waals surface area contributed by atoms with E-state index in [0.29, 0.717) is 22.9 Å². The molecule has 1 N–H and O–H groups in total. The SMILES string of the molecule is CCOc1c(C)cc(Cl)c(C)c1C(=O)C1CCNCC1. The molecule has 1 saturated heterocycles. The van der Waals surface area contributed by atoms with Crippen molar-refractivity contribution in [1.82, 2.24) is 5.32 Å². The van der Waals surface area contributed by atoms with Gasteiger partial charge in [0.1, 0.15) is 5.75 Å². The number of nitrogens with one attached hydrogen (secondary N) is 1. The van der Waals surface area contributed by atoms with E-state index < -0.39 is 0 Å². The van der Waals surface area contributed by atoms with Gasteiger partial charge in [-0.15, -0.1) is 0 Å². The molecule has 0 unspecified atom stereocenters. The van der Waals surface area contributed by atoms with Crippen LogP contribution < -0.4 is 10.1 Å². The quantitative estimate of drug-likeness (QED) is 0.864. The highest BCUT2D eigenvalue weighted by Crippen LogP contribution is 2.35. The first-order valence-corrected chi connectivity index (χ1v) is 7.61. The average molecular weight is 296 g/mol. The molecular weight excluding hydrogens is 274 g/mol. The van der Waals surface area contributed by atoms with Crippen molar-refractivity contribution in [1.29, 1.82) is 0 Å². The third-order valence-corrected chi connectivity index (χ3v) is 4.30. The van der Waals surface area contributed by atoms with Gasteiger partial charge < -0.3 is 10.1 Å². The van der Waals surface area contributed by atoms with Crippen LogP contribution >= 0.6 is 11.6 Å². The summed E-state index contributed by atoms with van der Waals surface area (Å²) in [5.41, 5.74) is 2.45. The van der Waals surface area contributed by atoms with E-state index in [1.165, 1.54) is 0 Å². The predicted molar refractivity (Wildman–Crippen MR) is 82.0 cm³/mol. The summed E-state index contributed by atoms with van der Waals surface area (Å²) in [4.78, 5) is 12.9. The van der Waals surface area contributed by atoms with Gasteiger partial charge in [0.05, 0.1) is 12.2 Å². The Morgan fingerprint density at radius 3 is 2.65 bits per heavy atom. The van der Waals surface area contributed by atoms with Crippen LogP contribution in [0, 0.1) is 19.8 Å². The van der Waals surface area contributed by atoms with Crippen LogP contribution in [0.1, 0.15) is 41.3 Å². The lowest BCUT2D eigenvalue weighted by atomic mass is 9.86. The molecule has 20 heavy (non-hydrogen) atoms. The third-order valence-electron chi connectivity index (χ3n) is 3.91. The van der Waals surface area contributed by atoms with Crippen LogP contribution in [-0.2, 0) is 0 Å². The zero-order valence-electron chi connectivity index (χ0n) is 12.4. The van der Waals surface area contributed by atoms with Gasteiger partial charge in [-0.25, -0.2) is 0 Å². The first-order valence-electron chi connectivity index (χ1n) is 7.23. The van der Waals surface area contributed by atoms with Crippen molar-refractivity contribution in [2.24, 2.45) is 5.92 Å². The fourth-order valence-corrected chi connectivity index (χ4v) is 3.02. The maximum atomic E-state index is 12.9. The lowest BCUT2D eigenvalue weighted by Gasteiger charge is -2.24. The molecule has 1 aromatic carbocycles. The maximum Gasteiger partial charge on any atom is 0.170 e. The van der Waals surface area contributed by atoms with Gasteiger partial charge in [0.15, 0.2) is 5.78 Å². The highest BCUT2D eigenvalue weighted by atomic mass is 35.5. The third kappa shape index (κ3) is 2.99. The Hall–Kier alpha value is -1.06. The van der Waals surface area contributed by atoms with Crippen LogP contribution in [0.15, 0.2) is 6.07 Å². The first-order chi connectivity index (χ1) is 9.56. The molecular formula is C16H22ClNO2. The van der Waals surface area contributed by atoms with Gasteiger partial charge in [0.25, 0.3) is 0 Å². The summed E-state index contributed by atoms with van der Waals surface area (Å²) in [6.07, 6.45) is 1.77. The minimum atomic E-state index is 0.0759. The number of carbonyl (C=O) groups excluding carboxylic acids is 1. The van der Waals surface area contributed by atoms with Crippen molar-refractivity contribution in [2.75, 3.05) is 19.7 Å². The van der Waals surface area contributed by atoms with E-state index in [0.717, 1.165) is 37.1 Å². The first kappa shape index (κ1) is 15.3. The Morgan fingerprint density at radius 1 is 1.40 bits per heavy atom. The maximum absolute atomic E-state index is 12.9. The largest absolute Gasteiger partial charge is 0.493 e. The van der Waals surface area contributed by atoms with E-state index in [1.54, 1.807) is 0 Å². The molecule has 4 heteroatoms. The number of carbonyl (C=O) groups is 1. The normalized spacial score (nSPS) is 16.2. The summed E-state index contributed by atoms with van der Waals surface area (Å²) in [6, 6.07) is 1.88. The minimum Gasteiger partial charge on any atom is -0.493 e. The summed E-state index contributed by atoms with van der Waals surface area (Å²) < 4.78 is 5.72. The number of hydrogen-bond acceptors (Lipinski definition) is 3. The molecule has 0 bridgehead atoms. The number of piperidine rings is 1. The van der Waals surface area contributed by atoms with Crippen LogP contribution in [0.2, 0.25) is 5.02 Å². The van der Waals surface area contributed by atoms with Crippen LogP contribution in [0.5, 0.6) is 5.75 Å². The molecule has 0 saturated carbocycles. The predicted octanol–water partition coefficient (Wildman–Crippen LogP) is 3.54. The van der Waals surface area contributed by atoms with E-state index in [-0.39, 0.29) is 11.7 Å². The molecule has 0 amide bonds. The minimum absolute atomic E-state index is 0.0759. The van der Waals surface area contributed by atoms with Gasteiger partial charge in [-0.1, -0.05) is 11.6 Å². The Bertz CT molecular complexity index is 508. The second-order valence-electron chi connectivity index (χ2n) is 5.33. The molecule has 0 aliphatic carbocycles. The number of Topliss-reactive ketones (excluding diaryl/α,β-unsaturated/α-hetero) is 1. The molecule has 0 spiro atoms. The lowest BCUT2D eigenvalue weighted by Crippen LogP contribution is -2.32. The molecule has 110 valence electrons. The van der Waals surface area contributed by atoms with Gasteiger partial charge in [0, 0.05) is 10.9 Å². The molecule has 1 heterocycles. The monoisotopic (exact) mass is 295 g/mol. The highest BCUT2D eigenvalue weighted by Gasteiger charge is 2.28. The standard InChI is InChI=1S/C16H22ClNO2/c1-4-20-16-10(2)9-13(17)11(3)14(16)15(19)12-5-7-18-8-6-12/h9,12,18H,4-8H2,1-3H3. The highest BCUT2D eigenvalue weighted by molar-refractivity contribution is 6.32. The molecule has 0 aromatic heterocycles. The summed E-state index contributed by atoms with van der Waals surface area (Å²) in [5.74, 6) is 0.961. The number of ketones is 1. The average Bonchev–Trinajstić information content (AvgIpc) is 2.45. The zero-order valence-corrected chi connectivity index (χ0v) is 13.1. The molecule has 3 nitrogen and oxygen atoms in total. The Balaban J connectivity index is 2.44. The van der Waals surface area contributed by atoms with E-state index in [4.69, 9.17) is 16.3 Å². The second-order valence-corrected chi connectivity index (χ2v) is 5.73. The molecule has 1 aliphatic heterocycles. The summed E-state index contributed by atoms with van der Waals surface area (Å²) >= 11 is 6.25. The summed E-state index contributed by atoms with van der Waals surface area (Å²) in [6.45, 7) is 8.13. The number of aryl methyl sites for hydroxylation is 1. The van der Waals surface area contributed by atoms with E-state index >= 15 is 0 Å². The smallest absolute Gasteiger partial charge is 0.170 e. The fraction of sp³-hybridized carbons (Fsp3) is 0.562.